The summed E-state index contributed by atoms with van der Waals surface area (Å²) in [4.78, 5) is 6.47. The maximum absolute atomic E-state index is 11.7. The minimum atomic E-state index is -3.21. The van der Waals surface area contributed by atoms with Crippen LogP contribution >= 0.6 is 0 Å². The zero-order chi connectivity index (χ0) is 15.6. The van der Waals surface area contributed by atoms with E-state index in [0.29, 0.717) is 17.9 Å². The van der Waals surface area contributed by atoms with E-state index in [-0.39, 0.29) is 6.04 Å². The van der Waals surface area contributed by atoms with E-state index in [2.05, 4.69) is 11.1 Å². The van der Waals surface area contributed by atoms with Gasteiger partial charge in [-0.05, 0) is 31.9 Å². The quantitative estimate of drug-likeness (QED) is 0.836. The second-order valence-electron chi connectivity index (χ2n) is 5.46. The molecule has 1 aliphatic heterocycles. The van der Waals surface area contributed by atoms with Crippen molar-refractivity contribution in [2.75, 3.05) is 31.3 Å². The van der Waals surface area contributed by atoms with Crippen LogP contribution in [0.4, 0.5) is 5.82 Å². The van der Waals surface area contributed by atoms with Gasteiger partial charge in [-0.25, -0.2) is 17.7 Å². The van der Waals surface area contributed by atoms with Crippen molar-refractivity contribution in [2.24, 2.45) is 0 Å². The van der Waals surface area contributed by atoms with Crippen molar-refractivity contribution in [3.8, 4) is 6.07 Å². The molecule has 0 radical (unpaired) electrons. The van der Waals surface area contributed by atoms with Crippen LogP contribution in [0, 0.1) is 18.3 Å². The number of nitrogens with zero attached hydrogens (tertiary/aromatic N) is 4. The van der Waals surface area contributed by atoms with E-state index in [0.717, 1.165) is 25.1 Å². The molecule has 2 heterocycles. The first kappa shape index (κ1) is 15.7. The third-order valence-corrected chi connectivity index (χ3v) is 5.21. The highest BCUT2D eigenvalue weighted by Crippen LogP contribution is 2.24. The van der Waals surface area contributed by atoms with Crippen molar-refractivity contribution in [2.45, 2.75) is 25.8 Å². The Balaban J connectivity index is 2.26. The molecule has 21 heavy (non-hydrogen) atoms. The molecular weight excluding hydrogens is 288 g/mol. The third-order valence-electron chi connectivity index (χ3n) is 3.87. The summed E-state index contributed by atoms with van der Waals surface area (Å²) in [7, 11) is -1.60. The molecule has 1 atom stereocenters. The predicted molar refractivity (Wildman–Crippen MR) is 81.5 cm³/mol. The van der Waals surface area contributed by atoms with Crippen molar-refractivity contribution >= 4 is 15.8 Å². The molecular formula is C14H20N4O2S. The van der Waals surface area contributed by atoms with Gasteiger partial charge in [0.05, 0.1) is 11.8 Å². The van der Waals surface area contributed by atoms with Gasteiger partial charge >= 0.3 is 0 Å². The average molecular weight is 308 g/mol. The molecule has 0 amide bonds. The summed E-state index contributed by atoms with van der Waals surface area (Å²) in [6.45, 7) is 3.24. The summed E-state index contributed by atoms with van der Waals surface area (Å²) in [6, 6.07) is 5.65. The number of anilines is 1. The zero-order valence-electron chi connectivity index (χ0n) is 12.6. The van der Waals surface area contributed by atoms with Gasteiger partial charge in [-0.15, -0.1) is 0 Å². The normalized spacial score (nSPS) is 19.6. The Morgan fingerprint density at radius 1 is 1.48 bits per heavy atom. The van der Waals surface area contributed by atoms with Crippen molar-refractivity contribution < 1.29 is 8.42 Å². The van der Waals surface area contributed by atoms with Gasteiger partial charge in [0.25, 0.3) is 0 Å². The lowest BCUT2D eigenvalue weighted by Gasteiger charge is -2.37. The smallest absolute Gasteiger partial charge is 0.211 e. The molecule has 6 nitrogen and oxygen atoms in total. The average Bonchev–Trinajstić information content (AvgIpc) is 2.45. The van der Waals surface area contributed by atoms with Gasteiger partial charge in [0.2, 0.25) is 10.0 Å². The lowest BCUT2D eigenvalue weighted by Crippen LogP contribution is -2.48. The summed E-state index contributed by atoms with van der Waals surface area (Å²) >= 11 is 0. The fourth-order valence-electron chi connectivity index (χ4n) is 2.59. The highest BCUT2D eigenvalue weighted by atomic mass is 32.2. The number of hydrogen-bond acceptors (Lipinski definition) is 5. The van der Waals surface area contributed by atoms with Crippen LogP contribution < -0.4 is 4.90 Å². The first-order valence-electron chi connectivity index (χ1n) is 6.88. The van der Waals surface area contributed by atoms with E-state index < -0.39 is 10.0 Å². The van der Waals surface area contributed by atoms with Gasteiger partial charge in [-0.3, -0.25) is 0 Å². The lowest BCUT2D eigenvalue weighted by atomic mass is 10.1. The topological polar surface area (TPSA) is 77.3 Å². The summed E-state index contributed by atoms with van der Waals surface area (Å²) in [5.74, 6) is 0.657. The second kappa shape index (κ2) is 6.00. The summed E-state index contributed by atoms with van der Waals surface area (Å²) in [5, 5.41) is 9.22. The minimum absolute atomic E-state index is 0.0809. The number of nitriles is 1. The van der Waals surface area contributed by atoms with Crippen LogP contribution in [0.25, 0.3) is 0 Å². The fraction of sp³-hybridized carbons (Fsp3) is 0.571. The minimum Gasteiger partial charge on any atom is -0.354 e. The first-order valence-corrected chi connectivity index (χ1v) is 8.73. The number of rotatable bonds is 3. The van der Waals surface area contributed by atoms with Gasteiger partial charge in [0, 0.05) is 31.9 Å². The number of aromatic nitrogens is 1. The molecule has 1 saturated heterocycles. The van der Waals surface area contributed by atoms with E-state index in [1.165, 1.54) is 10.6 Å². The Hall–Kier alpha value is -1.65. The zero-order valence-corrected chi connectivity index (χ0v) is 13.4. The van der Waals surface area contributed by atoms with E-state index in [1.54, 1.807) is 13.1 Å². The Morgan fingerprint density at radius 3 is 2.81 bits per heavy atom. The van der Waals surface area contributed by atoms with E-state index in [4.69, 9.17) is 0 Å². The van der Waals surface area contributed by atoms with Gasteiger partial charge in [-0.2, -0.15) is 5.26 Å². The van der Waals surface area contributed by atoms with E-state index in [1.807, 2.05) is 17.9 Å². The maximum atomic E-state index is 11.7. The molecule has 0 bridgehead atoms. The molecule has 1 aromatic heterocycles. The maximum Gasteiger partial charge on any atom is 0.211 e. The molecule has 7 heteroatoms. The molecule has 0 aromatic carbocycles. The van der Waals surface area contributed by atoms with Crippen LogP contribution in [0.3, 0.4) is 0 Å². The monoisotopic (exact) mass is 308 g/mol. The molecule has 114 valence electrons. The van der Waals surface area contributed by atoms with Crippen molar-refractivity contribution in [3.05, 3.63) is 23.4 Å². The Labute approximate surface area is 126 Å². The van der Waals surface area contributed by atoms with Gasteiger partial charge in [-0.1, -0.05) is 0 Å². The third kappa shape index (κ3) is 3.52. The molecule has 1 fully saturated rings. The Kier molecular flexibility index (Phi) is 4.49. The lowest BCUT2D eigenvalue weighted by molar-refractivity contribution is 0.321. The number of pyridine rings is 1. The van der Waals surface area contributed by atoms with Gasteiger partial charge < -0.3 is 4.90 Å². The molecule has 1 aromatic rings. The molecule has 2 rings (SSSR count). The first-order chi connectivity index (χ1) is 9.82. The molecule has 0 saturated carbocycles. The number of aryl methyl sites for hydroxylation is 1. The number of piperidine rings is 1. The van der Waals surface area contributed by atoms with Crippen LogP contribution in [0.2, 0.25) is 0 Å². The fourth-order valence-corrected chi connectivity index (χ4v) is 3.30. The standard InChI is InChI=1S/C14H20N4O2S/c1-11-6-7-12(9-15)14(16-11)18-8-4-5-13(10-18)17(2)21(3,19)20/h6-7,13H,4-5,8,10H2,1-3H3. The van der Waals surface area contributed by atoms with E-state index in [9.17, 15) is 13.7 Å². The van der Waals surface area contributed by atoms with Crippen molar-refractivity contribution in [1.29, 1.82) is 5.26 Å². The second-order valence-corrected chi connectivity index (χ2v) is 7.50. The highest BCUT2D eigenvalue weighted by Gasteiger charge is 2.29. The predicted octanol–water partition coefficient (Wildman–Crippen LogP) is 1.12. The molecule has 1 unspecified atom stereocenters. The van der Waals surface area contributed by atoms with Crippen LogP contribution in [0.15, 0.2) is 12.1 Å². The summed E-state index contributed by atoms with van der Waals surface area (Å²) in [6.07, 6.45) is 2.93. The number of sulfonamides is 1. The Bertz CT molecular complexity index is 666. The molecule has 0 spiro atoms. The van der Waals surface area contributed by atoms with Crippen molar-refractivity contribution in [1.82, 2.24) is 9.29 Å². The van der Waals surface area contributed by atoms with Gasteiger partial charge in [0.15, 0.2) is 0 Å². The van der Waals surface area contributed by atoms with Gasteiger partial charge in [0.1, 0.15) is 11.9 Å². The highest BCUT2D eigenvalue weighted by molar-refractivity contribution is 7.88. The summed E-state index contributed by atoms with van der Waals surface area (Å²) in [5.41, 5.74) is 1.38. The molecule has 1 aliphatic rings. The molecule has 0 N–H and O–H groups in total. The number of likely N-dealkylation sites (N-methyl/N-ethyl adjacent to an activating group) is 1. The van der Waals surface area contributed by atoms with Crippen LogP contribution in [0.1, 0.15) is 24.1 Å². The summed E-state index contributed by atoms with van der Waals surface area (Å²) < 4.78 is 24.8. The molecule has 0 aliphatic carbocycles. The van der Waals surface area contributed by atoms with Crippen molar-refractivity contribution in [3.63, 3.8) is 0 Å². The SMILES string of the molecule is Cc1ccc(C#N)c(N2CCCC(N(C)S(C)(=O)=O)C2)n1. The Morgan fingerprint density at radius 2 is 2.19 bits per heavy atom. The largest absolute Gasteiger partial charge is 0.354 e. The number of hydrogen-bond donors (Lipinski definition) is 0. The van der Waals surface area contributed by atoms with E-state index >= 15 is 0 Å². The van der Waals surface area contributed by atoms with Crippen LogP contribution in [-0.4, -0.2) is 50.1 Å². The van der Waals surface area contributed by atoms with Crippen LogP contribution in [0.5, 0.6) is 0 Å². The van der Waals surface area contributed by atoms with Crippen LogP contribution in [-0.2, 0) is 10.0 Å².